The highest BCUT2D eigenvalue weighted by Crippen LogP contribution is 2.45. The zero-order valence-corrected chi connectivity index (χ0v) is 21.4. The van der Waals surface area contributed by atoms with Gasteiger partial charge in [-0.3, -0.25) is 14.6 Å². The summed E-state index contributed by atoms with van der Waals surface area (Å²) in [6.45, 7) is 7.57. The minimum absolute atomic E-state index is 0.0344. The summed E-state index contributed by atoms with van der Waals surface area (Å²) < 4.78 is 34.1. The van der Waals surface area contributed by atoms with Gasteiger partial charge in [-0.1, -0.05) is 18.6 Å². The highest BCUT2D eigenvalue weighted by Gasteiger charge is 2.41. The van der Waals surface area contributed by atoms with Crippen LogP contribution in [-0.4, -0.2) is 49.2 Å². The van der Waals surface area contributed by atoms with E-state index in [0.717, 1.165) is 18.1 Å². The van der Waals surface area contributed by atoms with E-state index in [0.29, 0.717) is 73.8 Å². The first-order valence-electron chi connectivity index (χ1n) is 12.6. The fourth-order valence-corrected chi connectivity index (χ4v) is 5.70. The molecule has 7 nitrogen and oxygen atoms in total. The van der Waals surface area contributed by atoms with E-state index < -0.39 is 17.0 Å². The minimum atomic E-state index is -0.570. The number of carbonyl (C=O) groups excluding carboxylic acids is 1. The molecule has 0 atom stereocenters. The van der Waals surface area contributed by atoms with Crippen LogP contribution < -0.4 is 15.4 Å². The van der Waals surface area contributed by atoms with Crippen molar-refractivity contribution in [2.24, 2.45) is 0 Å². The zero-order valence-electron chi connectivity index (χ0n) is 21.4. The largest absolute Gasteiger partial charge is 0.468 e. The Bertz CT molecular complexity index is 1230. The second-order valence-electron chi connectivity index (χ2n) is 9.61. The molecule has 1 aromatic carbocycles. The van der Waals surface area contributed by atoms with Crippen LogP contribution in [-0.2, 0) is 27.8 Å². The van der Waals surface area contributed by atoms with Crippen LogP contribution in [0.4, 0.5) is 20.5 Å². The maximum absolute atomic E-state index is 15.3. The molecule has 0 radical (unpaired) electrons. The third-order valence-corrected chi connectivity index (χ3v) is 7.78. The first-order chi connectivity index (χ1) is 17.2. The quantitative estimate of drug-likeness (QED) is 0.477. The molecule has 2 aromatic rings. The number of hydrogen-bond acceptors (Lipinski definition) is 6. The fraction of sp³-hybridized carbons (Fsp3) is 0.519. The number of methoxy groups -OCH3 is 1. The monoisotopic (exact) mass is 500 g/mol. The molecule has 0 aliphatic carbocycles. The molecule has 0 unspecified atom stereocenters. The van der Waals surface area contributed by atoms with Crippen molar-refractivity contribution in [2.45, 2.75) is 58.3 Å². The summed E-state index contributed by atoms with van der Waals surface area (Å²) in [5.41, 5.74) is 2.09. The van der Waals surface area contributed by atoms with Crippen molar-refractivity contribution in [3.8, 4) is 0 Å². The maximum atomic E-state index is 15.3. The van der Waals surface area contributed by atoms with Gasteiger partial charge in [-0.05, 0) is 57.6 Å². The predicted octanol–water partition coefficient (Wildman–Crippen LogP) is 4.04. The smallest absolute Gasteiger partial charge is 0.325 e. The van der Waals surface area contributed by atoms with Gasteiger partial charge in [0.2, 0.25) is 5.95 Å². The van der Waals surface area contributed by atoms with Gasteiger partial charge in [0.1, 0.15) is 24.0 Å². The Morgan fingerprint density at radius 2 is 1.97 bits per heavy atom. The fourth-order valence-electron chi connectivity index (χ4n) is 5.70. The van der Waals surface area contributed by atoms with Crippen molar-refractivity contribution in [3.63, 3.8) is 0 Å². The van der Waals surface area contributed by atoms with Crippen LogP contribution in [0.15, 0.2) is 28.6 Å². The molecular formula is C27H34F2N4O3. The molecule has 0 bridgehead atoms. The van der Waals surface area contributed by atoms with Crippen LogP contribution in [0.2, 0.25) is 0 Å². The molecule has 2 aliphatic rings. The van der Waals surface area contributed by atoms with Crippen molar-refractivity contribution < 1.29 is 18.3 Å². The number of aromatic amines is 1. The predicted molar refractivity (Wildman–Crippen MR) is 136 cm³/mol. The number of nitrogens with zero attached hydrogens (tertiary/aromatic N) is 3. The van der Waals surface area contributed by atoms with Crippen molar-refractivity contribution >= 4 is 17.7 Å². The van der Waals surface area contributed by atoms with E-state index in [-0.39, 0.29) is 18.1 Å². The van der Waals surface area contributed by atoms with Crippen LogP contribution >= 0.6 is 0 Å². The van der Waals surface area contributed by atoms with Crippen molar-refractivity contribution in [1.82, 2.24) is 9.97 Å². The number of benzene rings is 1. The number of rotatable bonds is 6. The molecular weight excluding hydrogens is 466 g/mol. The molecule has 0 saturated carbocycles. The van der Waals surface area contributed by atoms with Gasteiger partial charge in [0, 0.05) is 36.7 Å². The molecule has 36 heavy (non-hydrogen) atoms. The average Bonchev–Trinajstić information content (AvgIpc) is 2.88. The number of aromatic nitrogens is 2. The number of fused-ring (bicyclic) bond motifs is 1. The van der Waals surface area contributed by atoms with E-state index in [2.05, 4.69) is 4.98 Å². The summed E-state index contributed by atoms with van der Waals surface area (Å²) in [5, 5.41) is 0. The molecule has 194 valence electrons. The van der Waals surface area contributed by atoms with Gasteiger partial charge in [-0.25, -0.2) is 8.78 Å². The second-order valence-corrected chi connectivity index (χ2v) is 9.61. The summed E-state index contributed by atoms with van der Waals surface area (Å²) in [7, 11) is 1.34. The lowest BCUT2D eigenvalue weighted by molar-refractivity contribution is -0.139. The van der Waals surface area contributed by atoms with Crippen LogP contribution in [0.1, 0.15) is 56.7 Å². The summed E-state index contributed by atoms with van der Waals surface area (Å²) in [4.78, 5) is 36.3. The van der Waals surface area contributed by atoms with E-state index in [1.165, 1.54) is 13.2 Å². The van der Waals surface area contributed by atoms with Gasteiger partial charge in [0.05, 0.1) is 12.7 Å². The van der Waals surface area contributed by atoms with Gasteiger partial charge in [-0.15, -0.1) is 0 Å². The van der Waals surface area contributed by atoms with Gasteiger partial charge < -0.3 is 14.5 Å². The summed E-state index contributed by atoms with van der Waals surface area (Å²) in [6.07, 6.45) is 5.06. The third kappa shape index (κ3) is 4.63. The number of anilines is 2. The van der Waals surface area contributed by atoms with Crippen molar-refractivity contribution in [1.29, 1.82) is 0 Å². The molecule has 9 heteroatoms. The minimum Gasteiger partial charge on any atom is -0.468 e. The number of piperidine rings is 1. The van der Waals surface area contributed by atoms with E-state index in [9.17, 15) is 14.0 Å². The van der Waals surface area contributed by atoms with E-state index in [1.54, 1.807) is 4.90 Å². The molecule has 1 aromatic heterocycles. The standard InChI is InChI=1S/C27H34F2N4O3/c1-5-17(3)27(23-18(6-2)14-19(28)15-21(23)29)9-12-32(13-10-27)26-30-24-20(25(35)31-26)8-7-11-33(24)16-22(34)36-4/h5,14-15H,6-13,16H2,1-4H3,(H,30,31,35)/b17-5-. The molecule has 1 N–H and O–H groups in total. The molecule has 1 fully saturated rings. The molecule has 4 rings (SSSR count). The van der Waals surface area contributed by atoms with E-state index in [1.807, 2.05) is 31.7 Å². The Kier molecular flexibility index (Phi) is 7.47. The Labute approximate surface area is 210 Å². The van der Waals surface area contributed by atoms with Crippen molar-refractivity contribution in [3.05, 3.63) is 62.5 Å². The number of aryl methyl sites for hydroxylation is 1. The highest BCUT2D eigenvalue weighted by atomic mass is 19.1. The zero-order chi connectivity index (χ0) is 26.0. The topological polar surface area (TPSA) is 78.5 Å². The molecule has 0 amide bonds. The Hall–Kier alpha value is -3.23. The Balaban J connectivity index is 1.67. The first kappa shape index (κ1) is 25.9. The summed E-state index contributed by atoms with van der Waals surface area (Å²) >= 11 is 0. The first-order valence-corrected chi connectivity index (χ1v) is 12.6. The highest BCUT2D eigenvalue weighted by molar-refractivity contribution is 5.76. The molecule has 3 heterocycles. The van der Waals surface area contributed by atoms with Crippen LogP contribution in [0.5, 0.6) is 0 Å². The molecule has 1 saturated heterocycles. The number of halogens is 2. The van der Waals surface area contributed by atoms with E-state index >= 15 is 4.39 Å². The Morgan fingerprint density at radius 1 is 1.25 bits per heavy atom. The number of esters is 1. The summed E-state index contributed by atoms with van der Waals surface area (Å²) in [6, 6.07) is 2.41. The van der Waals surface area contributed by atoms with E-state index in [4.69, 9.17) is 9.72 Å². The lowest BCUT2D eigenvalue weighted by Gasteiger charge is -2.44. The lowest BCUT2D eigenvalue weighted by atomic mass is 9.66. The van der Waals surface area contributed by atoms with Gasteiger partial charge in [0.25, 0.3) is 5.56 Å². The SMILES string of the molecule is C/C=C(/C)C1(c2c(F)cc(F)cc2CC)CCN(c2nc3c(c(=O)[nH]2)CCCN3CC(=O)OC)CC1. The molecule has 0 spiro atoms. The number of allylic oxidation sites excluding steroid dienone is 2. The van der Waals surface area contributed by atoms with Crippen LogP contribution in [0.25, 0.3) is 0 Å². The second kappa shape index (κ2) is 10.4. The van der Waals surface area contributed by atoms with Gasteiger partial charge in [-0.2, -0.15) is 4.98 Å². The third-order valence-electron chi connectivity index (χ3n) is 7.78. The molecule has 2 aliphatic heterocycles. The number of nitrogens with one attached hydrogen (secondary N) is 1. The normalized spacial score (nSPS) is 17.7. The summed E-state index contributed by atoms with van der Waals surface area (Å²) in [5.74, 6) is -0.502. The average molecular weight is 501 g/mol. The van der Waals surface area contributed by atoms with Crippen LogP contribution in [0, 0.1) is 11.6 Å². The number of ether oxygens (including phenoxy) is 1. The number of carbonyl (C=O) groups is 1. The van der Waals surface area contributed by atoms with Crippen molar-refractivity contribution in [2.75, 3.05) is 43.1 Å². The van der Waals surface area contributed by atoms with Gasteiger partial charge in [0.15, 0.2) is 0 Å². The maximum Gasteiger partial charge on any atom is 0.325 e. The van der Waals surface area contributed by atoms with Crippen LogP contribution in [0.3, 0.4) is 0 Å². The Morgan fingerprint density at radius 3 is 2.61 bits per heavy atom. The van der Waals surface area contributed by atoms with Gasteiger partial charge >= 0.3 is 5.97 Å². The number of H-pyrrole nitrogens is 1. The number of hydrogen-bond donors (Lipinski definition) is 1. The lowest BCUT2D eigenvalue weighted by Crippen LogP contribution is -2.46.